The minimum absolute atomic E-state index is 0.0283. The molecule has 2 atom stereocenters. The van der Waals surface area contributed by atoms with Crippen molar-refractivity contribution in [3.8, 4) is 0 Å². The molecule has 5 rings (SSSR count). The molecule has 1 aliphatic heterocycles. The molecule has 3 N–H and O–H groups in total. The van der Waals surface area contributed by atoms with Crippen molar-refractivity contribution in [2.24, 2.45) is 11.8 Å². The van der Waals surface area contributed by atoms with Crippen molar-refractivity contribution in [2.75, 3.05) is 38.5 Å². The minimum atomic E-state index is -3.71. The molecule has 4 amide bonds. The maximum Gasteiger partial charge on any atom is 0.321 e. The summed E-state index contributed by atoms with van der Waals surface area (Å²) in [6.45, 7) is 5.47. The van der Waals surface area contributed by atoms with E-state index >= 15 is 0 Å². The Kier molecular flexibility index (Phi) is 12.0. The lowest BCUT2D eigenvalue weighted by molar-refractivity contribution is -0.148. The molecule has 0 spiro atoms. The lowest BCUT2D eigenvalue weighted by Crippen LogP contribution is -2.58. The molecular weight excluding hydrogens is 615 g/mol. The highest BCUT2D eigenvalue weighted by Crippen LogP contribution is 2.43. The molecule has 2 aromatic rings. The minimum Gasteiger partial charge on any atom is -0.342 e. The number of aryl methyl sites for hydroxylation is 1. The fourth-order valence-electron chi connectivity index (χ4n) is 5.38. The molecule has 11 nitrogen and oxygen atoms in total. The average molecular weight is 662 g/mol. The monoisotopic (exact) mass is 661 g/mol. The van der Waals surface area contributed by atoms with Gasteiger partial charge in [-0.1, -0.05) is 31.7 Å². The zero-order valence-electron chi connectivity index (χ0n) is 27.5. The number of hydrogen-bond acceptors (Lipinski definition) is 6. The Labute approximate surface area is 273 Å². The Balaban J connectivity index is 0.000000620. The van der Waals surface area contributed by atoms with E-state index in [2.05, 4.69) is 21.0 Å². The summed E-state index contributed by atoms with van der Waals surface area (Å²) in [5.74, 6) is -5.53. The third-order valence-corrected chi connectivity index (χ3v) is 8.74. The molecule has 47 heavy (non-hydrogen) atoms. The summed E-state index contributed by atoms with van der Waals surface area (Å²) in [6, 6.07) is 3.91. The van der Waals surface area contributed by atoms with Gasteiger partial charge in [-0.3, -0.25) is 23.9 Å². The van der Waals surface area contributed by atoms with Gasteiger partial charge in [0.2, 0.25) is 11.8 Å². The summed E-state index contributed by atoms with van der Waals surface area (Å²) < 4.78 is 43.6. The summed E-state index contributed by atoms with van der Waals surface area (Å²) in [6.07, 6.45) is 9.01. The van der Waals surface area contributed by atoms with E-state index in [9.17, 15) is 32.3 Å². The number of rotatable bonds is 12. The van der Waals surface area contributed by atoms with Crippen LogP contribution in [0, 0.1) is 17.7 Å². The molecule has 2 heterocycles. The maximum atomic E-state index is 14.9. The van der Waals surface area contributed by atoms with Gasteiger partial charge in [0.1, 0.15) is 17.6 Å². The van der Waals surface area contributed by atoms with E-state index in [1.165, 1.54) is 45.8 Å². The van der Waals surface area contributed by atoms with Crippen LogP contribution in [0.15, 0.2) is 30.5 Å². The lowest BCUT2D eigenvalue weighted by atomic mass is 10.0. The highest BCUT2D eigenvalue weighted by molar-refractivity contribution is 5.98. The normalized spacial score (nSPS) is 18.9. The predicted octanol–water partition coefficient (Wildman–Crippen LogP) is 3.45. The molecule has 0 radical (unpaired) electrons. The van der Waals surface area contributed by atoms with Gasteiger partial charge in [0, 0.05) is 51.8 Å². The number of amides is 4. The summed E-state index contributed by atoms with van der Waals surface area (Å²) in [5, 5.41) is 10.9. The first kappa shape index (κ1) is 35.9. The third kappa shape index (κ3) is 10.8. The van der Waals surface area contributed by atoms with Crippen molar-refractivity contribution in [1.82, 2.24) is 30.2 Å². The zero-order chi connectivity index (χ0) is 34.3. The van der Waals surface area contributed by atoms with E-state index < -0.39 is 48.0 Å². The number of halogens is 3. The summed E-state index contributed by atoms with van der Waals surface area (Å²) in [5.41, 5.74) is 0.340. The molecule has 3 fully saturated rings. The van der Waals surface area contributed by atoms with Crippen molar-refractivity contribution in [1.29, 1.82) is 0 Å². The fraction of sp³-hybridized carbons (Fsp3) is 0.606. The van der Waals surface area contributed by atoms with Gasteiger partial charge in [-0.25, -0.2) is 4.39 Å². The van der Waals surface area contributed by atoms with E-state index in [0.29, 0.717) is 33.1 Å². The topological polar surface area (TPSA) is 129 Å². The van der Waals surface area contributed by atoms with Gasteiger partial charge in [-0.05, 0) is 62.9 Å². The van der Waals surface area contributed by atoms with Crippen LogP contribution >= 0.6 is 0 Å². The van der Waals surface area contributed by atoms with Gasteiger partial charge in [0.15, 0.2) is 0 Å². The number of anilines is 1. The van der Waals surface area contributed by atoms with Crippen LogP contribution in [-0.2, 0) is 27.3 Å². The van der Waals surface area contributed by atoms with Gasteiger partial charge in [-0.2, -0.15) is 13.9 Å². The molecule has 1 saturated heterocycles. The number of aromatic nitrogens is 2. The number of benzene rings is 1. The van der Waals surface area contributed by atoms with Gasteiger partial charge in [0.05, 0.1) is 12.2 Å². The molecule has 3 aliphatic rings. The van der Waals surface area contributed by atoms with Crippen LogP contribution in [0.5, 0.6) is 0 Å². The van der Waals surface area contributed by atoms with Crippen molar-refractivity contribution in [3.05, 3.63) is 47.5 Å². The number of piperazine rings is 1. The van der Waals surface area contributed by atoms with E-state index in [0.717, 1.165) is 6.07 Å². The summed E-state index contributed by atoms with van der Waals surface area (Å²) >= 11 is 0. The Morgan fingerprint density at radius 1 is 1.06 bits per heavy atom. The number of alkyl halides is 2. The van der Waals surface area contributed by atoms with Crippen LogP contribution in [0.25, 0.3) is 0 Å². The third-order valence-electron chi connectivity index (χ3n) is 8.74. The van der Waals surface area contributed by atoms with E-state index in [1.807, 2.05) is 18.9 Å². The van der Waals surface area contributed by atoms with Crippen LogP contribution in [0.2, 0.25) is 0 Å². The van der Waals surface area contributed by atoms with Gasteiger partial charge in [-0.15, -0.1) is 0 Å². The van der Waals surface area contributed by atoms with Gasteiger partial charge >= 0.3 is 5.92 Å². The Hall–Kier alpha value is -3.94. The first-order valence-electron chi connectivity index (χ1n) is 16.3. The molecule has 1 aromatic heterocycles. The van der Waals surface area contributed by atoms with Crippen LogP contribution in [0.4, 0.5) is 18.9 Å². The number of nitrogens with zero attached hydrogens (tertiary/aromatic N) is 4. The van der Waals surface area contributed by atoms with E-state index in [4.69, 9.17) is 0 Å². The fourth-order valence-corrected chi connectivity index (χ4v) is 5.38. The van der Waals surface area contributed by atoms with Crippen molar-refractivity contribution < 1.29 is 32.3 Å². The quantitative estimate of drug-likeness (QED) is 0.320. The molecule has 2 aliphatic carbocycles. The van der Waals surface area contributed by atoms with Crippen LogP contribution in [0.3, 0.4) is 0 Å². The van der Waals surface area contributed by atoms with E-state index in [-0.39, 0.29) is 29.4 Å². The van der Waals surface area contributed by atoms with Crippen molar-refractivity contribution in [3.63, 3.8) is 0 Å². The molecule has 2 unspecified atom stereocenters. The SMILES string of the molecule is C1CC1CC1CC1.CCn1nccc1C(=O)NCC(=O)Nc1ccc(CC(NC(=O)C(C)(F)F)C(=O)N2CCN(C)C(C)C2)cc1F. The molecule has 258 valence electrons. The summed E-state index contributed by atoms with van der Waals surface area (Å²) in [4.78, 5) is 53.4. The van der Waals surface area contributed by atoms with Crippen molar-refractivity contribution in [2.45, 2.75) is 83.8 Å². The maximum absolute atomic E-state index is 14.9. The van der Waals surface area contributed by atoms with Crippen molar-refractivity contribution >= 4 is 29.3 Å². The molecular formula is C33H46F3N7O4. The molecule has 14 heteroatoms. The number of likely N-dealkylation sites (N-methyl/N-ethyl adjacent to an activating group) is 1. The lowest BCUT2D eigenvalue weighted by Gasteiger charge is -2.39. The first-order valence-corrected chi connectivity index (χ1v) is 16.3. The highest BCUT2D eigenvalue weighted by Gasteiger charge is 2.37. The Morgan fingerprint density at radius 3 is 2.32 bits per heavy atom. The predicted molar refractivity (Wildman–Crippen MR) is 170 cm³/mol. The summed E-state index contributed by atoms with van der Waals surface area (Å²) in [7, 11) is 1.91. The van der Waals surface area contributed by atoms with Crippen LogP contribution in [-0.4, -0.2) is 94.4 Å². The number of carbonyl (C=O) groups is 4. The molecule has 2 saturated carbocycles. The van der Waals surface area contributed by atoms with E-state index in [1.54, 1.807) is 39.0 Å². The second kappa shape index (κ2) is 15.8. The Morgan fingerprint density at radius 2 is 1.74 bits per heavy atom. The highest BCUT2D eigenvalue weighted by atomic mass is 19.3. The zero-order valence-corrected chi connectivity index (χ0v) is 27.5. The van der Waals surface area contributed by atoms with Gasteiger partial charge < -0.3 is 25.8 Å². The number of hydrogen-bond donors (Lipinski definition) is 3. The first-order chi connectivity index (χ1) is 22.2. The second-order valence-electron chi connectivity index (χ2n) is 12.9. The number of carbonyl (C=O) groups excluding carboxylic acids is 4. The standard InChI is InChI=1S/C26H34F3N7O4.C7H12/c1-5-36-21(8-9-31-36)23(38)30-14-22(37)32-19-7-6-17(12-18(19)27)13-20(33-25(40)26(3,28)29)24(39)35-11-10-34(4)16(2)15-35;1-2-6(1)5-7-3-4-7/h6-9,12,16,20H,5,10-11,13-15H2,1-4H3,(H,30,38)(H,32,37)(H,33,40);6-7H,1-5H2. The molecule has 0 bridgehead atoms. The van der Waals surface area contributed by atoms with Crippen LogP contribution in [0.1, 0.15) is 68.9 Å². The molecule has 1 aromatic carbocycles. The smallest absolute Gasteiger partial charge is 0.321 e. The number of nitrogens with one attached hydrogen (secondary N) is 3. The van der Waals surface area contributed by atoms with Gasteiger partial charge in [0.25, 0.3) is 11.8 Å². The largest absolute Gasteiger partial charge is 0.342 e. The second-order valence-corrected chi connectivity index (χ2v) is 12.9. The van der Waals surface area contributed by atoms with Crippen LogP contribution < -0.4 is 16.0 Å². The Bertz CT molecular complexity index is 1410. The average Bonchev–Trinajstić information content (AvgIpc) is 3.97.